The van der Waals surface area contributed by atoms with Crippen LogP contribution in [0, 0.1) is 0 Å². The molecule has 1 aliphatic heterocycles. The van der Waals surface area contributed by atoms with Crippen molar-refractivity contribution in [3.05, 3.63) is 51.9 Å². The molecule has 0 saturated carbocycles. The molecule has 0 radical (unpaired) electrons. The number of nitrogens with zero attached hydrogens (tertiary/aromatic N) is 4. The van der Waals surface area contributed by atoms with E-state index in [4.69, 9.17) is 16.3 Å². The zero-order valence-corrected chi connectivity index (χ0v) is 20.9. The van der Waals surface area contributed by atoms with Crippen LogP contribution in [0.4, 0.5) is 4.79 Å². The van der Waals surface area contributed by atoms with Crippen LogP contribution in [0.15, 0.2) is 46.5 Å². The maximum Gasteiger partial charge on any atom is 0.410 e. The minimum absolute atomic E-state index is 0.187. The molecule has 9 nitrogen and oxygen atoms in total. The van der Waals surface area contributed by atoms with Gasteiger partial charge in [-0.25, -0.2) is 18.2 Å². The standard InChI is InChI=1S/C23H25ClN4O5S/c1-23(2,3)33-22(30)27-10-9-15(13-27)28-19-14(12-25-21(26-19)34(4,31)32)11-17(20(28)29)16-7-5-6-8-18(16)24/h5-8,11-12,15H,9-10,13H2,1-4H3/t15-/m0/s1. The molecule has 0 aliphatic carbocycles. The third-order valence-corrected chi connectivity index (χ3v) is 6.62. The molecule has 1 aromatic carbocycles. The monoisotopic (exact) mass is 504 g/mol. The van der Waals surface area contributed by atoms with E-state index in [2.05, 4.69) is 9.97 Å². The molecule has 4 rings (SSSR count). The topological polar surface area (TPSA) is 111 Å². The van der Waals surface area contributed by atoms with E-state index in [0.717, 1.165) is 6.26 Å². The number of hydrogen-bond donors (Lipinski definition) is 0. The minimum Gasteiger partial charge on any atom is -0.444 e. The predicted molar refractivity (Wildman–Crippen MR) is 129 cm³/mol. The van der Waals surface area contributed by atoms with Crippen molar-refractivity contribution in [1.82, 2.24) is 19.4 Å². The number of aromatic nitrogens is 3. The first-order valence-electron chi connectivity index (χ1n) is 10.7. The van der Waals surface area contributed by atoms with Gasteiger partial charge in [-0.3, -0.25) is 9.36 Å². The van der Waals surface area contributed by atoms with Crippen molar-refractivity contribution >= 4 is 38.6 Å². The molecule has 0 N–H and O–H groups in total. The van der Waals surface area contributed by atoms with E-state index in [9.17, 15) is 18.0 Å². The second kappa shape index (κ2) is 8.66. The summed E-state index contributed by atoms with van der Waals surface area (Å²) in [7, 11) is -3.70. The first kappa shape index (κ1) is 24.2. The molecular weight excluding hydrogens is 480 g/mol. The summed E-state index contributed by atoms with van der Waals surface area (Å²) in [6.45, 7) is 5.95. The molecule has 11 heteroatoms. The second-order valence-electron chi connectivity index (χ2n) is 9.29. The van der Waals surface area contributed by atoms with Crippen molar-refractivity contribution in [3.8, 4) is 11.1 Å². The number of pyridine rings is 1. The molecule has 3 aromatic rings. The van der Waals surface area contributed by atoms with Crippen LogP contribution < -0.4 is 5.56 Å². The van der Waals surface area contributed by atoms with Gasteiger partial charge < -0.3 is 9.64 Å². The fourth-order valence-electron chi connectivity index (χ4n) is 3.94. The quantitative estimate of drug-likeness (QED) is 0.500. The van der Waals surface area contributed by atoms with Crippen LogP contribution in [-0.2, 0) is 14.6 Å². The average molecular weight is 505 g/mol. The SMILES string of the molecule is CC(C)(C)OC(=O)N1CC[C@H](n2c(=O)c(-c3ccccc3Cl)cc3cnc(S(C)(=O)=O)nc32)C1. The Morgan fingerprint density at radius 3 is 2.56 bits per heavy atom. The Labute approximate surface area is 202 Å². The van der Waals surface area contributed by atoms with E-state index in [0.29, 0.717) is 34.5 Å². The van der Waals surface area contributed by atoms with Gasteiger partial charge in [-0.1, -0.05) is 29.8 Å². The van der Waals surface area contributed by atoms with Crippen LogP contribution >= 0.6 is 11.6 Å². The van der Waals surface area contributed by atoms with Gasteiger partial charge in [0.15, 0.2) is 0 Å². The van der Waals surface area contributed by atoms with Crippen LogP contribution in [0.3, 0.4) is 0 Å². The van der Waals surface area contributed by atoms with Gasteiger partial charge in [-0.2, -0.15) is 4.98 Å². The third kappa shape index (κ3) is 4.78. The molecule has 1 fully saturated rings. The fraction of sp³-hybridized carbons (Fsp3) is 0.391. The van der Waals surface area contributed by atoms with E-state index >= 15 is 0 Å². The molecule has 1 amide bonds. The predicted octanol–water partition coefficient (Wildman–Crippen LogP) is 3.70. The number of benzene rings is 1. The van der Waals surface area contributed by atoms with Crippen LogP contribution in [0.1, 0.15) is 33.2 Å². The molecule has 34 heavy (non-hydrogen) atoms. The number of rotatable bonds is 3. The van der Waals surface area contributed by atoms with Gasteiger partial charge in [-0.05, 0) is 39.3 Å². The summed E-state index contributed by atoms with van der Waals surface area (Å²) in [5, 5.41) is 0.513. The first-order valence-corrected chi connectivity index (χ1v) is 13.0. The van der Waals surface area contributed by atoms with E-state index in [1.165, 1.54) is 15.7 Å². The van der Waals surface area contributed by atoms with E-state index in [-0.39, 0.29) is 22.9 Å². The van der Waals surface area contributed by atoms with Crippen molar-refractivity contribution < 1.29 is 17.9 Å². The summed E-state index contributed by atoms with van der Waals surface area (Å²) in [6, 6.07) is 8.15. The van der Waals surface area contributed by atoms with Crippen molar-refractivity contribution in [2.45, 2.75) is 44.0 Å². The summed E-state index contributed by atoms with van der Waals surface area (Å²) in [4.78, 5) is 36.1. The lowest BCUT2D eigenvalue weighted by Gasteiger charge is -2.24. The molecule has 1 atom stereocenters. The number of likely N-dealkylation sites (tertiary alicyclic amines) is 1. The lowest BCUT2D eigenvalue weighted by Crippen LogP contribution is -2.36. The molecule has 180 valence electrons. The van der Waals surface area contributed by atoms with Crippen LogP contribution in [0.5, 0.6) is 0 Å². The maximum atomic E-state index is 13.7. The van der Waals surface area contributed by atoms with Crippen LogP contribution in [-0.4, -0.2) is 58.9 Å². The Bertz CT molecular complexity index is 1450. The van der Waals surface area contributed by atoms with Crippen molar-refractivity contribution in [3.63, 3.8) is 0 Å². The molecule has 0 unspecified atom stereocenters. The lowest BCUT2D eigenvalue weighted by atomic mass is 10.1. The molecule has 0 bridgehead atoms. The number of halogens is 1. The number of carbonyl (C=O) groups excluding carboxylic acids is 1. The number of carbonyl (C=O) groups is 1. The number of sulfone groups is 1. The third-order valence-electron chi connectivity index (χ3n) is 5.43. The van der Waals surface area contributed by atoms with Gasteiger partial charge in [-0.15, -0.1) is 0 Å². The van der Waals surface area contributed by atoms with Crippen molar-refractivity contribution in [2.75, 3.05) is 19.3 Å². The van der Waals surface area contributed by atoms with Gasteiger partial charge in [0.25, 0.3) is 5.56 Å². The smallest absolute Gasteiger partial charge is 0.410 e. The number of amides is 1. The van der Waals surface area contributed by atoms with Crippen LogP contribution in [0.25, 0.3) is 22.2 Å². The average Bonchev–Trinajstić information content (AvgIpc) is 3.21. The highest BCUT2D eigenvalue weighted by atomic mass is 35.5. The largest absolute Gasteiger partial charge is 0.444 e. The number of hydrogen-bond acceptors (Lipinski definition) is 7. The van der Waals surface area contributed by atoms with Gasteiger partial charge >= 0.3 is 6.09 Å². The highest BCUT2D eigenvalue weighted by molar-refractivity contribution is 7.90. The molecular formula is C23H25ClN4O5S. The summed E-state index contributed by atoms with van der Waals surface area (Å²) in [5.41, 5.74) is 0.0332. The Balaban J connectivity index is 1.88. The van der Waals surface area contributed by atoms with Crippen LogP contribution in [0.2, 0.25) is 5.02 Å². The Morgan fingerprint density at radius 1 is 1.21 bits per heavy atom. The number of fused-ring (bicyclic) bond motifs is 1. The van der Waals surface area contributed by atoms with E-state index < -0.39 is 27.6 Å². The zero-order chi connectivity index (χ0) is 24.8. The summed E-state index contributed by atoms with van der Waals surface area (Å²) in [5.74, 6) is 0. The molecule has 2 aromatic heterocycles. The van der Waals surface area contributed by atoms with E-state index in [1.807, 2.05) is 0 Å². The Morgan fingerprint density at radius 2 is 1.91 bits per heavy atom. The first-order chi connectivity index (χ1) is 15.8. The van der Waals surface area contributed by atoms with Crippen molar-refractivity contribution in [1.29, 1.82) is 0 Å². The summed E-state index contributed by atoms with van der Waals surface area (Å²) < 4.78 is 31.1. The molecule has 1 saturated heterocycles. The zero-order valence-electron chi connectivity index (χ0n) is 19.3. The maximum absolute atomic E-state index is 13.7. The van der Waals surface area contributed by atoms with Gasteiger partial charge in [0, 0.05) is 47.1 Å². The normalized spacial score (nSPS) is 16.7. The minimum atomic E-state index is -3.70. The van der Waals surface area contributed by atoms with Crippen molar-refractivity contribution in [2.24, 2.45) is 0 Å². The van der Waals surface area contributed by atoms with E-state index in [1.54, 1.807) is 51.1 Å². The summed E-state index contributed by atoms with van der Waals surface area (Å²) in [6.07, 6.45) is 2.39. The highest BCUT2D eigenvalue weighted by Gasteiger charge is 2.33. The Kier molecular flexibility index (Phi) is 6.15. The highest BCUT2D eigenvalue weighted by Crippen LogP contribution is 2.30. The lowest BCUT2D eigenvalue weighted by molar-refractivity contribution is 0.0289. The molecule has 3 heterocycles. The second-order valence-corrected chi connectivity index (χ2v) is 11.6. The van der Waals surface area contributed by atoms with Gasteiger partial charge in [0.2, 0.25) is 15.0 Å². The summed E-state index contributed by atoms with van der Waals surface area (Å²) >= 11 is 6.38. The molecule has 1 aliphatic rings. The van der Waals surface area contributed by atoms with Gasteiger partial charge in [0.05, 0.1) is 6.04 Å². The Hall–Kier alpha value is -2.98. The molecule has 0 spiro atoms. The van der Waals surface area contributed by atoms with Gasteiger partial charge in [0.1, 0.15) is 11.2 Å². The number of ether oxygens (including phenoxy) is 1. The fourth-order valence-corrected chi connectivity index (χ4v) is 4.67.